The molecule has 1 aliphatic rings. The summed E-state index contributed by atoms with van der Waals surface area (Å²) in [5.41, 5.74) is 0.835. The van der Waals surface area contributed by atoms with E-state index in [1.165, 1.54) is 11.3 Å². The highest BCUT2D eigenvalue weighted by molar-refractivity contribution is 7.08. The molecule has 2 heterocycles. The molecule has 0 radical (unpaired) electrons. The zero-order valence-electron chi connectivity index (χ0n) is 12.4. The van der Waals surface area contributed by atoms with Crippen LogP contribution in [0.2, 0.25) is 0 Å². The van der Waals surface area contributed by atoms with Gasteiger partial charge in [0.2, 0.25) is 11.8 Å². The highest BCUT2D eigenvalue weighted by atomic mass is 32.1. The van der Waals surface area contributed by atoms with Crippen molar-refractivity contribution in [1.82, 2.24) is 5.32 Å². The second-order valence-corrected chi connectivity index (χ2v) is 6.85. The van der Waals surface area contributed by atoms with Crippen molar-refractivity contribution < 1.29 is 9.59 Å². The summed E-state index contributed by atoms with van der Waals surface area (Å²) >= 11 is 1.54. The number of thiophene rings is 1. The quantitative estimate of drug-likeness (QED) is 0.928. The summed E-state index contributed by atoms with van der Waals surface area (Å²) in [4.78, 5) is 26.8. The van der Waals surface area contributed by atoms with Crippen molar-refractivity contribution in [2.24, 2.45) is 11.8 Å². The second-order valence-electron chi connectivity index (χ2n) is 6.07. The van der Waals surface area contributed by atoms with Crippen LogP contribution in [0.4, 0.5) is 5.69 Å². The molecule has 1 aromatic rings. The van der Waals surface area contributed by atoms with Crippen LogP contribution in [0.15, 0.2) is 16.8 Å². The van der Waals surface area contributed by atoms with Gasteiger partial charge in [-0.05, 0) is 29.7 Å². The molecule has 0 bridgehead atoms. The Morgan fingerprint density at radius 2 is 2.00 bits per heavy atom. The smallest absolute Gasteiger partial charge is 0.250 e. The van der Waals surface area contributed by atoms with E-state index in [0.717, 1.165) is 5.69 Å². The Hall–Kier alpha value is -1.36. The molecule has 2 amide bonds. The molecular weight excluding hydrogens is 272 g/mol. The summed E-state index contributed by atoms with van der Waals surface area (Å²) < 4.78 is 0. The summed E-state index contributed by atoms with van der Waals surface area (Å²) in [6.07, 6.45) is 0.677. The lowest BCUT2D eigenvalue weighted by Gasteiger charge is -2.40. The summed E-state index contributed by atoms with van der Waals surface area (Å²) in [5.74, 6) is 0.412. The largest absolute Gasteiger partial charge is 0.342 e. The third-order valence-corrected chi connectivity index (χ3v) is 4.19. The van der Waals surface area contributed by atoms with Gasteiger partial charge in [-0.25, -0.2) is 0 Å². The van der Waals surface area contributed by atoms with Crippen LogP contribution < -0.4 is 10.2 Å². The van der Waals surface area contributed by atoms with Crippen molar-refractivity contribution >= 4 is 28.8 Å². The van der Waals surface area contributed by atoms with Crippen molar-refractivity contribution in [3.8, 4) is 0 Å². The van der Waals surface area contributed by atoms with E-state index in [9.17, 15) is 9.59 Å². The number of carbonyl (C=O) groups is 2. The topological polar surface area (TPSA) is 49.4 Å². The van der Waals surface area contributed by atoms with Crippen LogP contribution in [0.3, 0.4) is 0 Å². The normalized spacial score (nSPS) is 23.6. The van der Waals surface area contributed by atoms with Crippen molar-refractivity contribution in [2.75, 3.05) is 4.90 Å². The third-order valence-electron chi connectivity index (χ3n) is 3.52. The minimum atomic E-state index is -0.416. The Morgan fingerprint density at radius 1 is 1.30 bits per heavy atom. The van der Waals surface area contributed by atoms with Gasteiger partial charge in [-0.2, -0.15) is 11.3 Å². The standard InChI is InChI=1S/C15H22N2O2S/c1-9(2)7-12-15(19)17(11-5-6-20-8-11)13(10(3)4)14(18)16-12/h5-6,8-10,12-13H,7H2,1-4H3,(H,16,18). The number of piperazine rings is 1. The van der Waals surface area contributed by atoms with Crippen LogP contribution in [-0.2, 0) is 9.59 Å². The monoisotopic (exact) mass is 294 g/mol. The molecular formula is C15H22N2O2S. The third kappa shape index (κ3) is 2.87. The Kier molecular flexibility index (Phi) is 4.48. The van der Waals surface area contributed by atoms with E-state index in [0.29, 0.717) is 12.3 Å². The zero-order valence-corrected chi connectivity index (χ0v) is 13.2. The highest BCUT2D eigenvalue weighted by Crippen LogP contribution is 2.28. The SMILES string of the molecule is CC(C)CC1NC(=O)C(C(C)C)N(c2ccsc2)C1=O. The number of hydrogen-bond donors (Lipinski definition) is 1. The Bertz CT molecular complexity index is 482. The molecule has 4 nitrogen and oxygen atoms in total. The average molecular weight is 294 g/mol. The Labute approximate surface area is 124 Å². The molecule has 0 aliphatic carbocycles. The predicted molar refractivity (Wildman–Crippen MR) is 81.8 cm³/mol. The molecule has 110 valence electrons. The second kappa shape index (κ2) is 5.95. The van der Waals surface area contributed by atoms with Crippen LogP contribution in [0.5, 0.6) is 0 Å². The van der Waals surface area contributed by atoms with Gasteiger partial charge in [-0.1, -0.05) is 27.7 Å². The molecule has 20 heavy (non-hydrogen) atoms. The molecule has 1 aromatic heterocycles. The van der Waals surface area contributed by atoms with Crippen LogP contribution in [0, 0.1) is 11.8 Å². The fourth-order valence-electron chi connectivity index (χ4n) is 2.66. The van der Waals surface area contributed by atoms with Crippen molar-refractivity contribution in [2.45, 2.75) is 46.2 Å². The van der Waals surface area contributed by atoms with Crippen molar-refractivity contribution in [1.29, 1.82) is 0 Å². The molecule has 1 N–H and O–H groups in total. The molecule has 2 unspecified atom stereocenters. The Balaban J connectivity index is 2.34. The van der Waals surface area contributed by atoms with Gasteiger partial charge in [0, 0.05) is 5.38 Å². The number of anilines is 1. The van der Waals surface area contributed by atoms with Crippen molar-refractivity contribution in [3.63, 3.8) is 0 Å². The van der Waals surface area contributed by atoms with Gasteiger partial charge in [0.15, 0.2) is 0 Å². The summed E-state index contributed by atoms with van der Waals surface area (Å²) in [6.45, 7) is 8.06. The lowest BCUT2D eigenvalue weighted by atomic mass is 9.93. The predicted octanol–water partition coefficient (Wildman–Crippen LogP) is 2.65. The van der Waals surface area contributed by atoms with Crippen LogP contribution in [0.25, 0.3) is 0 Å². The minimum absolute atomic E-state index is 0.00963. The van der Waals surface area contributed by atoms with E-state index in [1.54, 1.807) is 4.90 Å². The maximum atomic E-state index is 12.7. The fraction of sp³-hybridized carbons (Fsp3) is 0.600. The zero-order chi connectivity index (χ0) is 14.9. The molecule has 1 aliphatic heterocycles. The number of nitrogens with zero attached hydrogens (tertiary/aromatic N) is 1. The number of rotatable bonds is 4. The summed E-state index contributed by atoms with van der Waals surface area (Å²) in [7, 11) is 0. The molecule has 1 fully saturated rings. The van der Waals surface area contributed by atoms with Gasteiger partial charge in [-0.3, -0.25) is 14.5 Å². The first-order valence-corrected chi connectivity index (χ1v) is 8.01. The maximum absolute atomic E-state index is 12.7. The van der Waals surface area contributed by atoms with Gasteiger partial charge in [0.25, 0.3) is 0 Å². The van der Waals surface area contributed by atoms with E-state index in [2.05, 4.69) is 19.2 Å². The first-order valence-electron chi connectivity index (χ1n) is 7.07. The molecule has 0 saturated carbocycles. The number of amides is 2. The highest BCUT2D eigenvalue weighted by Gasteiger charge is 2.42. The van der Waals surface area contributed by atoms with E-state index < -0.39 is 12.1 Å². The van der Waals surface area contributed by atoms with Gasteiger partial charge in [0.1, 0.15) is 12.1 Å². The Morgan fingerprint density at radius 3 is 2.50 bits per heavy atom. The van der Waals surface area contributed by atoms with Gasteiger partial charge < -0.3 is 5.32 Å². The van der Waals surface area contributed by atoms with E-state index in [1.807, 2.05) is 30.7 Å². The first kappa shape index (κ1) is 15.0. The molecule has 2 rings (SSSR count). The fourth-order valence-corrected chi connectivity index (χ4v) is 3.28. The van der Waals surface area contributed by atoms with Gasteiger partial charge in [0.05, 0.1) is 5.69 Å². The summed E-state index contributed by atoms with van der Waals surface area (Å²) in [5, 5.41) is 6.76. The van der Waals surface area contributed by atoms with Gasteiger partial charge in [-0.15, -0.1) is 0 Å². The maximum Gasteiger partial charge on any atom is 0.250 e. The average Bonchev–Trinajstić information content (AvgIpc) is 2.85. The molecule has 0 spiro atoms. The molecule has 1 saturated heterocycles. The van der Waals surface area contributed by atoms with E-state index >= 15 is 0 Å². The lowest BCUT2D eigenvalue weighted by Crippen LogP contribution is -2.65. The van der Waals surface area contributed by atoms with Crippen LogP contribution in [-0.4, -0.2) is 23.9 Å². The van der Waals surface area contributed by atoms with Crippen LogP contribution >= 0.6 is 11.3 Å². The van der Waals surface area contributed by atoms with E-state index in [4.69, 9.17) is 0 Å². The first-order chi connectivity index (χ1) is 9.41. The number of carbonyl (C=O) groups excluding carboxylic acids is 2. The van der Waals surface area contributed by atoms with Gasteiger partial charge >= 0.3 is 0 Å². The van der Waals surface area contributed by atoms with Crippen molar-refractivity contribution in [3.05, 3.63) is 16.8 Å². The minimum Gasteiger partial charge on any atom is -0.342 e. The molecule has 0 aromatic carbocycles. The number of nitrogens with one attached hydrogen (secondary N) is 1. The van der Waals surface area contributed by atoms with E-state index in [-0.39, 0.29) is 17.7 Å². The molecule has 2 atom stereocenters. The molecule has 5 heteroatoms. The summed E-state index contributed by atoms with van der Waals surface area (Å²) in [6, 6.07) is 1.08. The number of hydrogen-bond acceptors (Lipinski definition) is 3. The van der Waals surface area contributed by atoms with Crippen LogP contribution in [0.1, 0.15) is 34.1 Å². The lowest BCUT2D eigenvalue weighted by molar-refractivity contribution is -0.135.